The molecule has 0 spiro atoms. The van der Waals surface area contributed by atoms with Crippen molar-refractivity contribution in [1.82, 2.24) is 10.5 Å². The Hall–Kier alpha value is -2.70. The van der Waals surface area contributed by atoms with Crippen LogP contribution >= 0.6 is 0 Å². The van der Waals surface area contributed by atoms with Gasteiger partial charge in [-0.25, -0.2) is 4.39 Å². The van der Waals surface area contributed by atoms with Gasteiger partial charge >= 0.3 is 0 Å². The van der Waals surface area contributed by atoms with Crippen LogP contribution in [0.4, 0.5) is 10.2 Å². The van der Waals surface area contributed by atoms with Crippen LogP contribution in [-0.2, 0) is 4.79 Å². The molecule has 110 valence electrons. The lowest BCUT2D eigenvalue weighted by Gasteiger charge is -2.13. The molecule has 2 amide bonds. The molecule has 0 fully saturated rings. The molecular formula is C14H14FN3O3. The number of hydrogen-bond donors (Lipinski definition) is 2. The molecule has 0 saturated carbocycles. The first-order valence-corrected chi connectivity index (χ1v) is 6.27. The third-order valence-electron chi connectivity index (χ3n) is 2.74. The maximum Gasteiger partial charge on any atom is 0.254 e. The van der Waals surface area contributed by atoms with Gasteiger partial charge in [0.1, 0.15) is 17.6 Å². The Morgan fingerprint density at radius 1 is 1.33 bits per heavy atom. The fraction of sp³-hybridized carbons (Fsp3) is 0.214. The molecule has 2 aromatic rings. The highest BCUT2D eigenvalue weighted by Crippen LogP contribution is 2.08. The predicted octanol–water partition coefficient (Wildman–Crippen LogP) is 1.88. The molecule has 1 aromatic carbocycles. The molecule has 1 heterocycles. The highest BCUT2D eigenvalue weighted by Gasteiger charge is 2.19. The normalized spacial score (nSPS) is 11.8. The van der Waals surface area contributed by atoms with E-state index in [-0.39, 0.29) is 11.4 Å². The fourth-order valence-electron chi connectivity index (χ4n) is 1.65. The first kappa shape index (κ1) is 14.7. The summed E-state index contributed by atoms with van der Waals surface area (Å²) in [6.45, 7) is 3.17. The van der Waals surface area contributed by atoms with Crippen molar-refractivity contribution in [1.29, 1.82) is 0 Å². The van der Waals surface area contributed by atoms with Crippen molar-refractivity contribution in [2.45, 2.75) is 19.9 Å². The molecule has 6 nitrogen and oxygen atoms in total. The fourth-order valence-corrected chi connectivity index (χ4v) is 1.65. The smallest absolute Gasteiger partial charge is 0.254 e. The van der Waals surface area contributed by atoms with Gasteiger partial charge in [0.05, 0.1) is 5.56 Å². The second-order valence-electron chi connectivity index (χ2n) is 4.49. The lowest BCUT2D eigenvalue weighted by Crippen LogP contribution is -2.41. The topological polar surface area (TPSA) is 84.2 Å². The molecule has 2 rings (SSSR count). The minimum atomic E-state index is -0.853. The minimum Gasteiger partial charge on any atom is -0.360 e. The van der Waals surface area contributed by atoms with Gasteiger partial charge in [-0.1, -0.05) is 17.3 Å². The Balaban J connectivity index is 1.97. The molecule has 7 heteroatoms. The second-order valence-corrected chi connectivity index (χ2v) is 4.49. The third kappa shape index (κ3) is 3.65. The summed E-state index contributed by atoms with van der Waals surface area (Å²) in [5.41, 5.74) is -0.116. The Morgan fingerprint density at radius 2 is 2.05 bits per heavy atom. The van der Waals surface area contributed by atoms with Gasteiger partial charge in [0.15, 0.2) is 5.82 Å². The molecule has 0 aliphatic rings. The molecule has 0 bridgehead atoms. The first-order chi connectivity index (χ1) is 9.97. The lowest BCUT2D eigenvalue weighted by molar-refractivity contribution is -0.117. The maximum atomic E-state index is 13.5. The molecule has 1 aromatic heterocycles. The van der Waals surface area contributed by atoms with E-state index in [0.29, 0.717) is 5.76 Å². The number of rotatable bonds is 4. The number of carbonyl (C=O) groups is 2. The summed E-state index contributed by atoms with van der Waals surface area (Å²) in [4.78, 5) is 23.7. The molecule has 1 atom stereocenters. The Morgan fingerprint density at radius 3 is 2.67 bits per heavy atom. The summed E-state index contributed by atoms with van der Waals surface area (Å²) in [6.07, 6.45) is 0. The van der Waals surface area contributed by atoms with Gasteiger partial charge in [-0.05, 0) is 26.0 Å². The highest BCUT2D eigenvalue weighted by atomic mass is 19.1. The molecular weight excluding hydrogens is 277 g/mol. The number of hydrogen-bond acceptors (Lipinski definition) is 4. The largest absolute Gasteiger partial charge is 0.360 e. The van der Waals surface area contributed by atoms with Crippen molar-refractivity contribution in [2.75, 3.05) is 5.32 Å². The summed E-state index contributed by atoms with van der Waals surface area (Å²) in [5, 5.41) is 8.51. The Bertz CT molecular complexity index is 669. The van der Waals surface area contributed by atoms with Crippen LogP contribution in [0.25, 0.3) is 0 Å². The molecule has 0 radical (unpaired) electrons. The van der Waals surface area contributed by atoms with E-state index >= 15 is 0 Å². The van der Waals surface area contributed by atoms with E-state index in [9.17, 15) is 14.0 Å². The zero-order valence-electron chi connectivity index (χ0n) is 11.5. The molecule has 0 saturated heterocycles. The highest BCUT2D eigenvalue weighted by molar-refractivity contribution is 6.00. The number of aryl methyl sites for hydroxylation is 1. The zero-order chi connectivity index (χ0) is 15.4. The van der Waals surface area contributed by atoms with Crippen LogP contribution in [0.2, 0.25) is 0 Å². The van der Waals surface area contributed by atoms with Crippen LogP contribution in [0, 0.1) is 12.7 Å². The number of nitrogens with zero attached hydrogens (tertiary/aromatic N) is 1. The van der Waals surface area contributed by atoms with Crippen LogP contribution in [0.5, 0.6) is 0 Å². The van der Waals surface area contributed by atoms with Crippen LogP contribution in [0.3, 0.4) is 0 Å². The average molecular weight is 291 g/mol. The lowest BCUT2D eigenvalue weighted by atomic mass is 10.2. The standard InChI is InChI=1S/C14H14FN3O3/c1-8-7-12(18-21-8)17-13(19)9(2)16-14(20)10-5-3-4-6-11(10)15/h3-7,9H,1-2H3,(H,16,20)(H,17,18,19)/t9-/m0/s1. The first-order valence-electron chi connectivity index (χ1n) is 6.27. The van der Waals surface area contributed by atoms with Crippen molar-refractivity contribution < 1.29 is 18.5 Å². The number of halogens is 1. The van der Waals surface area contributed by atoms with Gasteiger partial charge in [-0.3, -0.25) is 9.59 Å². The van der Waals surface area contributed by atoms with E-state index in [2.05, 4.69) is 15.8 Å². The summed E-state index contributed by atoms with van der Waals surface area (Å²) in [7, 11) is 0. The summed E-state index contributed by atoms with van der Waals surface area (Å²) >= 11 is 0. The number of amides is 2. The SMILES string of the molecule is Cc1cc(NC(=O)[C@H](C)NC(=O)c2ccccc2F)no1. The minimum absolute atomic E-state index is 0.116. The van der Waals surface area contributed by atoms with Crippen LogP contribution in [0.1, 0.15) is 23.0 Å². The average Bonchev–Trinajstić information content (AvgIpc) is 2.84. The molecule has 0 unspecified atom stereocenters. The third-order valence-corrected chi connectivity index (χ3v) is 2.74. The maximum absolute atomic E-state index is 13.5. The van der Waals surface area contributed by atoms with Gasteiger partial charge in [-0.15, -0.1) is 0 Å². The number of anilines is 1. The van der Waals surface area contributed by atoms with Gasteiger partial charge in [0.2, 0.25) is 5.91 Å². The van der Waals surface area contributed by atoms with Gasteiger partial charge in [-0.2, -0.15) is 0 Å². The van der Waals surface area contributed by atoms with Crippen molar-refractivity contribution >= 4 is 17.6 Å². The molecule has 2 N–H and O–H groups in total. The van der Waals surface area contributed by atoms with E-state index in [1.807, 2.05) is 0 Å². The van der Waals surface area contributed by atoms with Crippen molar-refractivity contribution in [3.05, 3.63) is 47.5 Å². The molecule has 0 aliphatic heterocycles. The van der Waals surface area contributed by atoms with Crippen molar-refractivity contribution in [2.24, 2.45) is 0 Å². The van der Waals surface area contributed by atoms with Gasteiger partial charge in [0.25, 0.3) is 5.91 Å². The Kier molecular flexibility index (Phi) is 4.32. The van der Waals surface area contributed by atoms with E-state index in [0.717, 1.165) is 0 Å². The second kappa shape index (κ2) is 6.17. The quantitative estimate of drug-likeness (QED) is 0.900. The Labute approximate surface area is 120 Å². The zero-order valence-corrected chi connectivity index (χ0v) is 11.5. The molecule has 21 heavy (non-hydrogen) atoms. The van der Waals surface area contributed by atoms with E-state index < -0.39 is 23.7 Å². The number of aromatic nitrogens is 1. The van der Waals surface area contributed by atoms with E-state index in [1.165, 1.54) is 25.1 Å². The molecule has 0 aliphatic carbocycles. The summed E-state index contributed by atoms with van der Waals surface area (Å²) < 4.78 is 18.3. The van der Waals surface area contributed by atoms with Gasteiger partial charge in [0, 0.05) is 6.07 Å². The summed E-state index contributed by atoms with van der Waals surface area (Å²) in [6, 6.07) is 6.24. The monoisotopic (exact) mass is 291 g/mol. The predicted molar refractivity (Wildman–Crippen MR) is 73.2 cm³/mol. The van der Waals surface area contributed by atoms with Crippen LogP contribution < -0.4 is 10.6 Å². The van der Waals surface area contributed by atoms with Crippen LogP contribution in [-0.4, -0.2) is 23.0 Å². The number of nitrogens with one attached hydrogen (secondary N) is 2. The van der Waals surface area contributed by atoms with Crippen molar-refractivity contribution in [3.63, 3.8) is 0 Å². The summed E-state index contributed by atoms with van der Waals surface area (Å²) in [5.74, 6) is -0.979. The van der Waals surface area contributed by atoms with E-state index in [1.54, 1.807) is 19.1 Å². The number of benzene rings is 1. The van der Waals surface area contributed by atoms with Crippen LogP contribution in [0.15, 0.2) is 34.9 Å². The number of carbonyl (C=O) groups excluding carboxylic acids is 2. The van der Waals surface area contributed by atoms with Gasteiger partial charge < -0.3 is 15.2 Å². The van der Waals surface area contributed by atoms with Crippen molar-refractivity contribution in [3.8, 4) is 0 Å². The van der Waals surface area contributed by atoms with E-state index in [4.69, 9.17) is 4.52 Å².